The Kier molecular flexibility index (Phi) is 5.24. The zero-order valence-electron chi connectivity index (χ0n) is 13.0. The predicted molar refractivity (Wildman–Crippen MR) is 81.3 cm³/mol. The van der Waals surface area contributed by atoms with Crippen LogP contribution in [-0.4, -0.2) is 31.4 Å². The number of aliphatic hydroxyl groups excluding tert-OH is 1. The van der Waals surface area contributed by atoms with Crippen molar-refractivity contribution < 1.29 is 9.84 Å². The largest absolute Gasteiger partial charge is 0.495 e. The zero-order valence-corrected chi connectivity index (χ0v) is 13.0. The molecule has 1 rings (SSSR count). The molecule has 0 aliphatic rings. The summed E-state index contributed by atoms with van der Waals surface area (Å²) in [5, 5.41) is 9.18. The van der Waals surface area contributed by atoms with Crippen LogP contribution in [0.2, 0.25) is 0 Å². The molecule has 108 valence electrons. The molecule has 19 heavy (non-hydrogen) atoms. The van der Waals surface area contributed by atoms with Crippen LogP contribution < -0.4 is 9.64 Å². The van der Waals surface area contributed by atoms with Crippen LogP contribution in [0, 0.1) is 0 Å². The molecule has 0 aliphatic heterocycles. The Morgan fingerprint density at radius 2 is 1.95 bits per heavy atom. The van der Waals surface area contributed by atoms with Gasteiger partial charge in [-0.1, -0.05) is 19.9 Å². The average Bonchev–Trinajstić information content (AvgIpc) is 2.36. The van der Waals surface area contributed by atoms with Gasteiger partial charge in [-0.3, -0.25) is 0 Å². The van der Waals surface area contributed by atoms with E-state index in [1.807, 2.05) is 7.05 Å². The van der Waals surface area contributed by atoms with Crippen molar-refractivity contribution in [2.45, 2.75) is 45.6 Å². The van der Waals surface area contributed by atoms with Crippen LogP contribution in [0.4, 0.5) is 5.69 Å². The molecule has 0 fully saturated rings. The first-order valence-electron chi connectivity index (χ1n) is 6.86. The highest BCUT2D eigenvalue weighted by atomic mass is 16.5. The minimum Gasteiger partial charge on any atom is -0.495 e. The Morgan fingerprint density at radius 1 is 1.32 bits per heavy atom. The second-order valence-corrected chi connectivity index (χ2v) is 5.93. The molecule has 0 spiro atoms. The summed E-state index contributed by atoms with van der Waals surface area (Å²) in [6, 6.07) is 6.35. The van der Waals surface area contributed by atoms with Crippen molar-refractivity contribution in [3.8, 4) is 5.75 Å². The van der Waals surface area contributed by atoms with Gasteiger partial charge in [0.1, 0.15) is 5.75 Å². The SMILES string of the molecule is COc1cc(C(C)C)ccc1N(C)C(C)(C)CCO. The number of rotatable bonds is 6. The first-order valence-corrected chi connectivity index (χ1v) is 6.86. The second-order valence-electron chi connectivity index (χ2n) is 5.93. The molecule has 0 saturated carbocycles. The van der Waals surface area contributed by atoms with Crippen LogP contribution in [0.5, 0.6) is 5.75 Å². The first-order chi connectivity index (χ1) is 8.83. The summed E-state index contributed by atoms with van der Waals surface area (Å²) in [5.41, 5.74) is 2.22. The summed E-state index contributed by atoms with van der Waals surface area (Å²) in [6.07, 6.45) is 0.721. The standard InChI is InChI=1S/C16H27NO2/c1-12(2)13-7-8-14(15(11-13)19-6)17(5)16(3,4)9-10-18/h7-8,11-12,18H,9-10H2,1-6H3. The van der Waals surface area contributed by atoms with Crippen molar-refractivity contribution in [1.29, 1.82) is 0 Å². The van der Waals surface area contributed by atoms with Crippen LogP contribution in [0.3, 0.4) is 0 Å². The van der Waals surface area contributed by atoms with Gasteiger partial charge in [-0.2, -0.15) is 0 Å². The van der Waals surface area contributed by atoms with E-state index in [9.17, 15) is 5.11 Å². The van der Waals surface area contributed by atoms with Gasteiger partial charge in [0.15, 0.2) is 0 Å². The highest BCUT2D eigenvalue weighted by Gasteiger charge is 2.25. The second kappa shape index (κ2) is 6.29. The molecule has 3 heteroatoms. The Morgan fingerprint density at radius 3 is 2.42 bits per heavy atom. The Labute approximate surface area is 117 Å². The Bertz CT molecular complexity index is 413. The molecule has 1 N–H and O–H groups in total. The lowest BCUT2D eigenvalue weighted by Gasteiger charge is -2.38. The number of nitrogens with zero attached hydrogens (tertiary/aromatic N) is 1. The van der Waals surface area contributed by atoms with E-state index < -0.39 is 0 Å². The Hall–Kier alpha value is -1.22. The number of hydrogen-bond donors (Lipinski definition) is 1. The average molecular weight is 265 g/mol. The lowest BCUT2D eigenvalue weighted by Crippen LogP contribution is -2.42. The summed E-state index contributed by atoms with van der Waals surface area (Å²) < 4.78 is 5.53. The lowest BCUT2D eigenvalue weighted by molar-refractivity contribution is 0.250. The number of methoxy groups -OCH3 is 1. The highest BCUT2D eigenvalue weighted by molar-refractivity contribution is 5.61. The van der Waals surface area contributed by atoms with E-state index in [-0.39, 0.29) is 12.1 Å². The van der Waals surface area contributed by atoms with Gasteiger partial charge >= 0.3 is 0 Å². The number of hydrogen-bond acceptors (Lipinski definition) is 3. The van der Waals surface area contributed by atoms with E-state index in [0.29, 0.717) is 5.92 Å². The van der Waals surface area contributed by atoms with Gasteiger partial charge in [-0.15, -0.1) is 0 Å². The summed E-state index contributed by atoms with van der Waals surface area (Å²) in [6.45, 7) is 8.78. The third-order valence-corrected chi connectivity index (χ3v) is 3.86. The molecule has 0 amide bonds. The topological polar surface area (TPSA) is 32.7 Å². The molecule has 0 atom stereocenters. The monoisotopic (exact) mass is 265 g/mol. The molecule has 1 aromatic rings. The molecule has 3 nitrogen and oxygen atoms in total. The number of ether oxygens (including phenoxy) is 1. The summed E-state index contributed by atoms with van der Waals surface area (Å²) >= 11 is 0. The molecule has 1 aromatic carbocycles. The molecule has 0 radical (unpaired) electrons. The fraction of sp³-hybridized carbons (Fsp3) is 0.625. The van der Waals surface area contributed by atoms with E-state index in [0.717, 1.165) is 17.9 Å². The molecule has 0 saturated heterocycles. The highest BCUT2D eigenvalue weighted by Crippen LogP contribution is 2.35. The first kappa shape index (κ1) is 15.8. The minimum absolute atomic E-state index is 0.110. The van der Waals surface area contributed by atoms with Gasteiger partial charge in [0.25, 0.3) is 0 Å². The van der Waals surface area contributed by atoms with Crippen LogP contribution >= 0.6 is 0 Å². The van der Waals surface area contributed by atoms with Gasteiger partial charge in [-0.05, 0) is 43.9 Å². The minimum atomic E-state index is -0.110. The maximum Gasteiger partial charge on any atom is 0.142 e. The summed E-state index contributed by atoms with van der Waals surface area (Å²) in [4.78, 5) is 2.17. The van der Waals surface area contributed by atoms with Gasteiger partial charge in [0, 0.05) is 19.2 Å². The van der Waals surface area contributed by atoms with Crippen molar-refractivity contribution >= 4 is 5.69 Å². The number of aliphatic hydroxyl groups is 1. The third-order valence-electron chi connectivity index (χ3n) is 3.86. The molecule has 0 unspecified atom stereocenters. The molecular weight excluding hydrogens is 238 g/mol. The van der Waals surface area contributed by atoms with Crippen LogP contribution in [-0.2, 0) is 0 Å². The van der Waals surface area contributed by atoms with Gasteiger partial charge < -0.3 is 14.7 Å². The van der Waals surface area contributed by atoms with Gasteiger partial charge in [0.2, 0.25) is 0 Å². The molecular formula is C16H27NO2. The van der Waals surface area contributed by atoms with E-state index in [1.165, 1.54) is 5.56 Å². The summed E-state index contributed by atoms with van der Waals surface area (Å²) in [7, 11) is 3.75. The number of anilines is 1. The quantitative estimate of drug-likeness (QED) is 0.855. The van der Waals surface area contributed by atoms with Crippen molar-refractivity contribution in [1.82, 2.24) is 0 Å². The molecule has 0 aromatic heterocycles. The zero-order chi connectivity index (χ0) is 14.6. The lowest BCUT2D eigenvalue weighted by atomic mass is 9.97. The molecule has 0 aliphatic carbocycles. The van der Waals surface area contributed by atoms with E-state index in [2.05, 4.69) is 50.8 Å². The smallest absolute Gasteiger partial charge is 0.142 e. The molecule has 0 bridgehead atoms. The van der Waals surface area contributed by atoms with E-state index >= 15 is 0 Å². The van der Waals surface area contributed by atoms with Crippen LogP contribution in [0.15, 0.2) is 18.2 Å². The number of benzene rings is 1. The third kappa shape index (κ3) is 3.63. The predicted octanol–water partition coefficient (Wildman–Crippen LogP) is 3.42. The normalized spacial score (nSPS) is 11.8. The molecule has 0 heterocycles. The van der Waals surface area contributed by atoms with Crippen molar-refractivity contribution in [3.05, 3.63) is 23.8 Å². The van der Waals surface area contributed by atoms with Crippen LogP contribution in [0.25, 0.3) is 0 Å². The van der Waals surface area contributed by atoms with Crippen molar-refractivity contribution in [2.75, 3.05) is 25.7 Å². The van der Waals surface area contributed by atoms with Crippen LogP contribution in [0.1, 0.15) is 45.6 Å². The van der Waals surface area contributed by atoms with E-state index in [1.54, 1.807) is 7.11 Å². The fourth-order valence-corrected chi connectivity index (χ4v) is 2.10. The van der Waals surface area contributed by atoms with E-state index in [4.69, 9.17) is 4.74 Å². The maximum absolute atomic E-state index is 9.18. The maximum atomic E-state index is 9.18. The fourth-order valence-electron chi connectivity index (χ4n) is 2.10. The summed E-state index contributed by atoms with van der Waals surface area (Å²) in [5.74, 6) is 1.37. The Balaban J connectivity index is 3.12. The van der Waals surface area contributed by atoms with Gasteiger partial charge in [0.05, 0.1) is 12.8 Å². The van der Waals surface area contributed by atoms with Gasteiger partial charge in [-0.25, -0.2) is 0 Å². The van der Waals surface area contributed by atoms with Crippen molar-refractivity contribution in [2.24, 2.45) is 0 Å². The van der Waals surface area contributed by atoms with Crippen molar-refractivity contribution in [3.63, 3.8) is 0 Å².